The van der Waals surface area contributed by atoms with Crippen LogP contribution in [0.1, 0.15) is 19.8 Å². The topological polar surface area (TPSA) is 54.0 Å². The number of carbonyl (C=O) groups is 1. The zero-order valence-electron chi connectivity index (χ0n) is 16.4. The van der Waals surface area contributed by atoms with Crippen LogP contribution in [0.25, 0.3) is 0 Å². The fourth-order valence-corrected chi connectivity index (χ4v) is 5.11. The number of ether oxygens (including phenoxy) is 1. The molecule has 0 spiro atoms. The van der Waals surface area contributed by atoms with E-state index < -0.39 is 8.80 Å². The number of thioether (sulfide) groups is 1. The van der Waals surface area contributed by atoms with Crippen LogP contribution in [0.4, 0.5) is 0 Å². The first-order valence-corrected chi connectivity index (χ1v) is 11.5. The minimum atomic E-state index is -2.46. The molecule has 0 saturated heterocycles. The van der Waals surface area contributed by atoms with Crippen LogP contribution in [-0.2, 0) is 22.8 Å². The monoisotopic (exact) mass is 382 g/mol. The second-order valence-corrected chi connectivity index (χ2v) is 11.2. The summed E-state index contributed by atoms with van der Waals surface area (Å²) in [7, 11) is 8.83. The number of nitrogens with zero attached hydrogens (tertiary/aromatic N) is 1. The van der Waals surface area contributed by atoms with Gasteiger partial charge in [-0.05, 0) is 12.2 Å². The molecule has 8 heteroatoms. The molecule has 0 aliphatic carbocycles. The van der Waals surface area contributed by atoms with E-state index in [1.807, 2.05) is 6.92 Å². The molecular weight excluding hydrogens is 346 g/mol. The molecule has 24 heavy (non-hydrogen) atoms. The fourth-order valence-electron chi connectivity index (χ4n) is 2.13. The lowest BCUT2D eigenvalue weighted by atomic mass is 10.2. The van der Waals surface area contributed by atoms with Crippen LogP contribution in [-0.4, -0.2) is 86.4 Å². The predicted octanol–water partition coefficient (Wildman–Crippen LogP) is 2.26. The Kier molecular flexibility index (Phi) is 12.2. The van der Waals surface area contributed by atoms with Crippen LogP contribution in [0.5, 0.6) is 0 Å². The van der Waals surface area contributed by atoms with Gasteiger partial charge in [-0.3, -0.25) is 4.79 Å². The maximum Gasteiger partial charge on any atom is 0.500 e. The Balaban J connectivity index is 3.81. The Morgan fingerprint density at radius 2 is 1.67 bits per heavy atom. The molecule has 0 saturated carbocycles. The minimum Gasteiger partial charge on any atom is -0.465 e. The van der Waals surface area contributed by atoms with Crippen molar-refractivity contribution in [1.29, 1.82) is 0 Å². The maximum absolute atomic E-state index is 11.9. The van der Waals surface area contributed by atoms with Crippen LogP contribution >= 0.6 is 11.8 Å². The highest BCUT2D eigenvalue weighted by Gasteiger charge is 2.36. The average molecular weight is 383 g/mol. The largest absolute Gasteiger partial charge is 0.500 e. The number of carbonyl (C=O) groups excluding carboxylic acids is 1. The summed E-state index contributed by atoms with van der Waals surface area (Å²) >= 11 is 1.76. The van der Waals surface area contributed by atoms with Crippen molar-refractivity contribution in [2.45, 2.75) is 25.8 Å². The van der Waals surface area contributed by atoms with Gasteiger partial charge in [0.2, 0.25) is 0 Å². The van der Waals surface area contributed by atoms with Gasteiger partial charge < -0.3 is 22.5 Å². The van der Waals surface area contributed by atoms with Gasteiger partial charge in [0.1, 0.15) is 0 Å². The molecular formula is C16H36NO5SSi+. The van der Waals surface area contributed by atoms with Crippen LogP contribution in [0.2, 0.25) is 6.04 Å². The molecule has 1 atom stereocenters. The van der Waals surface area contributed by atoms with E-state index in [9.17, 15) is 4.79 Å². The van der Waals surface area contributed by atoms with Crippen molar-refractivity contribution in [2.75, 3.05) is 67.1 Å². The van der Waals surface area contributed by atoms with Crippen LogP contribution < -0.4 is 0 Å². The number of hydrogen-bond donors (Lipinski definition) is 0. The van der Waals surface area contributed by atoms with Crippen molar-refractivity contribution in [2.24, 2.45) is 5.92 Å². The quantitative estimate of drug-likeness (QED) is 0.199. The fraction of sp³-hybridized carbons (Fsp3) is 0.938. The number of esters is 1. The summed E-state index contributed by atoms with van der Waals surface area (Å²) in [6.45, 7) is 3.43. The smallest absolute Gasteiger partial charge is 0.465 e. The standard InChI is InChI=1S/C16H36NO5SSi/c1-15(16(18)22-11-8-10-17(2,3)4)14-23-12-9-13-24(19-5,20-6)21-7/h15H,8-14H2,1-7H3/q+1. The van der Waals surface area contributed by atoms with Gasteiger partial charge in [-0.25, -0.2) is 0 Å². The molecule has 0 heterocycles. The molecule has 0 aromatic carbocycles. The normalized spacial score (nSPS) is 13.8. The zero-order chi connectivity index (χ0) is 18.6. The molecule has 0 rings (SSSR count). The highest BCUT2D eigenvalue weighted by Crippen LogP contribution is 2.18. The summed E-state index contributed by atoms with van der Waals surface area (Å²) in [5.41, 5.74) is 0. The van der Waals surface area contributed by atoms with Gasteiger partial charge in [-0.1, -0.05) is 6.92 Å². The molecule has 0 aromatic heterocycles. The second-order valence-electron chi connectivity index (χ2n) is 6.91. The van der Waals surface area contributed by atoms with Crippen LogP contribution in [0, 0.1) is 5.92 Å². The molecule has 0 aliphatic heterocycles. The number of hydrogen-bond acceptors (Lipinski definition) is 6. The Bertz CT molecular complexity index is 340. The minimum absolute atomic E-state index is 0.0756. The van der Waals surface area contributed by atoms with Crippen molar-refractivity contribution in [1.82, 2.24) is 0 Å². The molecule has 0 amide bonds. The molecule has 0 aromatic rings. The lowest BCUT2D eigenvalue weighted by molar-refractivity contribution is -0.870. The van der Waals surface area contributed by atoms with E-state index in [1.165, 1.54) is 0 Å². The van der Waals surface area contributed by atoms with E-state index in [2.05, 4.69) is 21.1 Å². The van der Waals surface area contributed by atoms with Crippen molar-refractivity contribution in [3.63, 3.8) is 0 Å². The van der Waals surface area contributed by atoms with Crippen molar-refractivity contribution < 1.29 is 27.3 Å². The van der Waals surface area contributed by atoms with E-state index in [1.54, 1.807) is 33.1 Å². The molecule has 1 unspecified atom stereocenters. The molecule has 0 radical (unpaired) electrons. The number of quaternary nitrogens is 1. The van der Waals surface area contributed by atoms with Crippen LogP contribution in [0.15, 0.2) is 0 Å². The second kappa shape index (κ2) is 12.3. The molecule has 0 N–H and O–H groups in total. The summed E-state index contributed by atoms with van der Waals surface area (Å²) in [6.07, 6.45) is 1.84. The lowest BCUT2D eigenvalue weighted by Gasteiger charge is -2.24. The Hall–Kier alpha value is -0.123. The third-order valence-electron chi connectivity index (χ3n) is 3.69. The van der Waals surface area contributed by atoms with E-state index in [4.69, 9.17) is 18.0 Å². The third kappa shape index (κ3) is 10.7. The Morgan fingerprint density at radius 1 is 1.08 bits per heavy atom. The van der Waals surface area contributed by atoms with Crippen molar-refractivity contribution in [3.8, 4) is 0 Å². The zero-order valence-corrected chi connectivity index (χ0v) is 18.2. The third-order valence-corrected chi connectivity index (χ3v) is 7.84. The van der Waals surface area contributed by atoms with Gasteiger partial charge >= 0.3 is 14.8 Å². The molecule has 0 bridgehead atoms. The lowest BCUT2D eigenvalue weighted by Crippen LogP contribution is -2.42. The van der Waals surface area contributed by atoms with Gasteiger partial charge in [-0.15, -0.1) is 0 Å². The van der Waals surface area contributed by atoms with Crippen LogP contribution in [0.3, 0.4) is 0 Å². The van der Waals surface area contributed by atoms with E-state index in [0.717, 1.165) is 41.4 Å². The van der Waals surface area contributed by atoms with Crippen molar-refractivity contribution >= 4 is 26.5 Å². The van der Waals surface area contributed by atoms with Gasteiger partial charge in [0.25, 0.3) is 0 Å². The molecule has 144 valence electrons. The van der Waals surface area contributed by atoms with Gasteiger partial charge in [0.05, 0.1) is 40.2 Å². The first-order valence-electron chi connectivity index (χ1n) is 8.40. The first-order chi connectivity index (χ1) is 11.2. The highest BCUT2D eigenvalue weighted by molar-refractivity contribution is 7.99. The Labute approximate surface area is 153 Å². The summed E-state index contributed by atoms with van der Waals surface area (Å²) in [6, 6.07) is 0.785. The summed E-state index contributed by atoms with van der Waals surface area (Å²) in [5.74, 6) is 1.55. The SMILES string of the molecule is CO[Si](CCCSCC(C)C(=O)OCCC[N+](C)(C)C)(OC)OC. The van der Waals surface area contributed by atoms with E-state index in [0.29, 0.717) is 6.61 Å². The molecule has 6 nitrogen and oxygen atoms in total. The van der Waals surface area contributed by atoms with Crippen molar-refractivity contribution in [3.05, 3.63) is 0 Å². The summed E-state index contributed by atoms with van der Waals surface area (Å²) < 4.78 is 22.4. The van der Waals surface area contributed by atoms with Gasteiger partial charge in [-0.2, -0.15) is 11.8 Å². The summed E-state index contributed by atoms with van der Waals surface area (Å²) in [5, 5.41) is 0. The maximum atomic E-state index is 11.9. The molecule has 0 aliphatic rings. The average Bonchev–Trinajstić information content (AvgIpc) is 2.54. The van der Waals surface area contributed by atoms with E-state index >= 15 is 0 Å². The van der Waals surface area contributed by atoms with Gasteiger partial charge in [0, 0.05) is 39.5 Å². The van der Waals surface area contributed by atoms with E-state index in [-0.39, 0.29) is 11.9 Å². The van der Waals surface area contributed by atoms with Gasteiger partial charge in [0.15, 0.2) is 0 Å². The highest BCUT2D eigenvalue weighted by atomic mass is 32.2. The first kappa shape index (κ1) is 23.9. The predicted molar refractivity (Wildman–Crippen MR) is 101 cm³/mol. The summed E-state index contributed by atoms with van der Waals surface area (Å²) in [4.78, 5) is 11.9. The Morgan fingerprint density at radius 3 is 2.17 bits per heavy atom. The molecule has 0 fully saturated rings. The number of rotatable bonds is 14.